The van der Waals surface area contributed by atoms with Gasteiger partial charge in [0.2, 0.25) is 18.6 Å². The summed E-state index contributed by atoms with van der Waals surface area (Å²) in [5.74, 6) is 1.28. The highest BCUT2D eigenvalue weighted by atomic mass is 16.7. The van der Waals surface area contributed by atoms with E-state index >= 15 is 0 Å². The zero-order valence-corrected chi connectivity index (χ0v) is 18.0. The van der Waals surface area contributed by atoms with Crippen molar-refractivity contribution in [2.24, 2.45) is 0 Å². The highest BCUT2D eigenvalue weighted by molar-refractivity contribution is 6.07. The Kier molecular flexibility index (Phi) is 3.66. The molecule has 2 amide bonds. The van der Waals surface area contributed by atoms with E-state index < -0.39 is 12.1 Å². The minimum Gasteiger partial charge on any atom is -0.454 e. The van der Waals surface area contributed by atoms with Crippen LogP contribution in [0.5, 0.6) is 11.5 Å². The Hall–Kier alpha value is -4.00. The maximum Gasteiger partial charge on any atom is 0.245 e. The van der Waals surface area contributed by atoms with E-state index in [1.54, 1.807) is 11.9 Å². The van der Waals surface area contributed by atoms with E-state index in [1.807, 2.05) is 30.5 Å². The van der Waals surface area contributed by atoms with Crippen molar-refractivity contribution in [1.29, 1.82) is 0 Å². The molecule has 7 nitrogen and oxygen atoms in total. The molecule has 0 spiro atoms. The number of ether oxygens (including phenoxy) is 2. The van der Waals surface area contributed by atoms with E-state index in [9.17, 15) is 9.59 Å². The van der Waals surface area contributed by atoms with E-state index in [0.717, 1.165) is 38.4 Å². The average molecular weight is 439 g/mol. The van der Waals surface area contributed by atoms with Gasteiger partial charge in [-0.05, 0) is 28.6 Å². The van der Waals surface area contributed by atoms with Gasteiger partial charge in [-0.15, -0.1) is 0 Å². The first-order chi connectivity index (χ1) is 16.1. The standard InChI is InChI=1S/C26H21N3O4/c1-28-12-23(30)29-20(26(28)31)8-15-9-21-22(33-13-32-21)10-18(15)25(29)19-11-27-24-16-5-3-2-4-14(16)6-7-17(19)24/h2-7,9-11,20,25,27H,8,12-13H2,1H3/t20-,25-/m0/s1. The van der Waals surface area contributed by atoms with E-state index in [2.05, 4.69) is 29.2 Å². The van der Waals surface area contributed by atoms with Gasteiger partial charge in [-0.3, -0.25) is 9.59 Å². The van der Waals surface area contributed by atoms with Gasteiger partial charge in [-0.2, -0.15) is 0 Å². The molecule has 3 aromatic carbocycles. The number of likely N-dealkylation sites (N-methyl/N-ethyl adjacent to an activating group) is 1. The quantitative estimate of drug-likeness (QED) is 0.494. The molecule has 7 rings (SSSR count). The molecule has 1 N–H and O–H groups in total. The number of aromatic nitrogens is 1. The number of nitrogens with zero attached hydrogens (tertiary/aromatic N) is 2. The van der Waals surface area contributed by atoms with Crippen LogP contribution in [-0.4, -0.2) is 53.0 Å². The minimum absolute atomic E-state index is 0.0341. The van der Waals surface area contributed by atoms with E-state index in [0.29, 0.717) is 17.9 Å². The summed E-state index contributed by atoms with van der Waals surface area (Å²) >= 11 is 0. The van der Waals surface area contributed by atoms with Crippen LogP contribution in [0.25, 0.3) is 21.7 Å². The monoisotopic (exact) mass is 439 g/mol. The topological polar surface area (TPSA) is 74.9 Å². The summed E-state index contributed by atoms with van der Waals surface area (Å²) < 4.78 is 11.3. The molecule has 1 saturated heterocycles. The van der Waals surface area contributed by atoms with Crippen LogP contribution >= 0.6 is 0 Å². The van der Waals surface area contributed by atoms with Gasteiger partial charge in [0, 0.05) is 36.0 Å². The lowest BCUT2D eigenvalue weighted by atomic mass is 9.82. The summed E-state index contributed by atoms with van der Waals surface area (Å²) in [6.07, 6.45) is 2.44. The van der Waals surface area contributed by atoms with Gasteiger partial charge in [-0.25, -0.2) is 0 Å². The third kappa shape index (κ3) is 2.50. The molecule has 33 heavy (non-hydrogen) atoms. The number of H-pyrrole nitrogens is 1. The van der Waals surface area contributed by atoms with Crippen molar-refractivity contribution in [3.8, 4) is 11.5 Å². The summed E-state index contributed by atoms with van der Waals surface area (Å²) in [7, 11) is 1.69. The molecule has 1 aromatic heterocycles. The summed E-state index contributed by atoms with van der Waals surface area (Å²) in [6, 6.07) is 15.5. The number of carbonyl (C=O) groups is 2. The van der Waals surface area contributed by atoms with Crippen LogP contribution in [0.4, 0.5) is 0 Å². The van der Waals surface area contributed by atoms with Crippen molar-refractivity contribution in [2.75, 3.05) is 20.4 Å². The Balaban J connectivity index is 1.49. The summed E-state index contributed by atoms with van der Waals surface area (Å²) in [4.78, 5) is 33.3. The molecule has 0 saturated carbocycles. The highest BCUT2D eigenvalue weighted by Crippen LogP contribution is 2.47. The number of aromatic amines is 1. The molecule has 7 heteroatoms. The van der Waals surface area contributed by atoms with E-state index in [1.165, 1.54) is 4.90 Å². The molecule has 3 aliphatic rings. The van der Waals surface area contributed by atoms with Gasteiger partial charge in [0.25, 0.3) is 0 Å². The van der Waals surface area contributed by atoms with Crippen LogP contribution in [0.15, 0.2) is 54.7 Å². The molecule has 3 aliphatic heterocycles. The number of fused-ring (bicyclic) bond motifs is 6. The Morgan fingerprint density at radius 1 is 0.970 bits per heavy atom. The first kappa shape index (κ1) is 18.6. The normalized spacial score (nSPS) is 21.6. The molecule has 0 unspecified atom stereocenters. The fraction of sp³-hybridized carbons (Fsp3) is 0.231. The second-order valence-corrected chi connectivity index (χ2v) is 8.98. The van der Waals surface area contributed by atoms with Crippen LogP contribution in [0.1, 0.15) is 22.7 Å². The number of hydrogen-bond acceptors (Lipinski definition) is 4. The number of piperazine rings is 1. The lowest BCUT2D eigenvalue weighted by Crippen LogP contribution is -2.62. The summed E-state index contributed by atoms with van der Waals surface area (Å²) in [5, 5.41) is 3.32. The predicted octanol–water partition coefficient (Wildman–Crippen LogP) is 3.36. The molecule has 4 heterocycles. The minimum atomic E-state index is -0.542. The second kappa shape index (κ2) is 6.51. The third-order valence-electron chi connectivity index (χ3n) is 7.18. The van der Waals surface area contributed by atoms with Crippen LogP contribution < -0.4 is 9.47 Å². The molecule has 0 aliphatic carbocycles. The number of amides is 2. The molecule has 2 atom stereocenters. The van der Waals surface area contributed by atoms with Gasteiger partial charge in [0.05, 0.1) is 18.1 Å². The summed E-state index contributed by atoms with van der Waals surface area (Å²) in [6.45, 7) is 0.257. The van der Waals surface area contributed by atoms with Crippen LogP contribution in [-0.2, 0) is 16.0 Å². The SMILES string of the molecule is CN1CC(=O)N2[C@H](c3c[nH]c4c3ccc3ccccc34)c3cc4c(cc3C[C@H]2C1=O)OCO4. The first-order valence-corrected chi connectivity index (χ1v) is 11.1. The van der Waals surface area contributed by atoms with Gasteiger partial charge < -0.3 is 24.3 Å². The van der Waals surface area contributed by atoms with Gasteiger partial charge in [-0.1, -0.05) is 36.4 Å². The number of nitrogens with one attached hydrogen (secondary N) is 1. The number of carbonyl (C=O) groups excluding carboxylic acids is 2. The Morgan fingerprint density at radius 3 is 2.67 bits per heavy atom. The zero-order chi connectivity index (χ0) is 22.3. The molecule has 164 valence electrons. The van der Waals surface area contributed by atoms with Crippen molar-refractivity contribution in [2.45, 2.75) is 18.5 Å². The van der Waals surface area contributed by atoms with Crippen LogP contribution in [0.2, 0.25) is 0 Å². The molecular weight excluding hydrogens is 418 g/mol. The van der Waals surface area contributed by atoms with Crippen molar-refractivity contribution < 1.29 is 19.1 Å². The highest BCUT2D eigenvalue weighted by Gasteiger charge is 2.47. The van der Waals surface area contributed by atoms with Crippen molar-refractivity contribution >= 4 is 33.5 Å². The predicted molar refractivity (Wildman–Crippen MR) is 122 cm³/mol. The van der Waals surface area contributed by atoms with E-state index in [-0.39, 0.29) is 25.2 Å². The maximum atomic E-state index is 13.3. The van der Waals surface area contributed by atoms with Crippen LogP contribution in [0.3, 0.4) is 0 Å². The second-order valence-electron chi connectivity index (χ2n) is 8.98. The fourth-order valence-corrected chi connectivity index (χ4v) is 5.65. The van der Waals surface area contributed by atoms with E-state index in [4.69, 9.17) is 9.47 Å². The number of rotatable bonds is 1. The molecular formula is C26H21N3O4. The van der Waals surface area contributed by atoms with Gasteiger partial charge in [0.1, 0.15) is 6.04 Å². The van der Waals surface area contributed by atoms with Crippen LogP contribution in [0, 0.1) is 0 Å². The molecule has 0 bridgehead atoms. The van der Waals surface area contributed by atoms with Crippen molar-refractivity contribution in [3.63, 3.8) is 0 Å². The Morgan fingerprint density at radius 2 is 1.79 bits per heavy atom. The Bertz CT molecular complexity index is 1490. The fourth-order valence-electron chi connectivity index (χ4n) is 5.65. The number of hydrogen-bond donors (Lipinski definition) is 1. The summed E-state index contributed by atoms with van der Waals surface area (Å²) in [5.41, 5.74) is 4.00. The average Bonchev–Trinajstić information content (AvgIpc) is 3.46. The lowest BCUT2D eigenvalue weighted by molar-refractivity contribution is -0.157. The molecule has 1 fully saturated rings. The molecule has 4 aromatic rings. The van der Waals surface area contributed by atoms with Crippen molar-refractivity contribution in [1.82, 2.24) is 14.8 Å². The molecule has 0 radical (unpaired) electrons. The van der Waals surface area contributed by atoms with Crippen molar-refractivity contribution in [3.05, 3.63) is 71.4 Å². The lowest BCUT2D eigenvalue weighted by Gasteiger charge is -2.47. The first-order valence-electron chi connectivity index (χ1n) is 11.1. The zero-order valence-electron chi connectivity index (χ0n) is 18.0. The number of benzene rings is 3. The largest absolute Gasteiger partial charge is 0.454 e. The third-order valence-corrected chi connectivity index (χ3v) is 7.18. The van der Waals surface area contributed by atoms with Gasteiger partial charge >= 0.3 is 0 Å². The maximum absolute atomic E-state index is 13.3. The van der Waals surface area contributed by atoms with Gasteiger partial charge in [0.15, 0.2) is 11.5 Å². The Labute approximate surface area is 189 Å². The smallest absolute Gasteiger partial charge is 0.245 e.